The van der Waals surface area contributed by atoms with E-state index in [0.29, 0.717) is 0 Å². The normalized spacial score (nSPS) is 16.2. The van der Waals surface area contributed by atoms with E-state index in [1.807, 2.05) is 12.4 Å². The zero-order chi connectivity index (χ0) is 14.4. The molecule has 1 amide bonds. The van der Waals surface area contributed by atoms with Crippen molar-refractivity contribution in [3.63, 3.8) is 0 Å². The number of piperidine rings is 1. The number of nitrogens with one attached hydrogen (secondary N) is 2. The summed E-state index contributed by atoms with van der Waals surface area (Å²) < 4.78 is 0. The molecule has 1 aliphatic heterocycles. The monoisotopic (exact) mass is 277 g/mol. The first kappa shape index (κ1) is 14.7. The third-order valence-electron chi connectivity index (χ3n) is 3.46. The van der Waals surface area contributed by atoms with Crippen molar-refractivity contribution in [1.82, 2.24) is 20.6 Å². The fraction of sp³-hybridized carbons (Fsp3) is 0.643. The molecule has 1 aromatic heterocycles. The summed E-state index contributed by atoms with van der Waals surface area (Å²) in [4.78, 5) is 22.1. The molecule has 1 aliphatic rings. The summed E-state index contributed by atoms with van der Waals surface area (Å²) in [6, 6.07) is 0.289. The Bertz CT molecular complexity index is 426. The summed E-state index contributed by atoms with van der Waals surface area (Å²) >= 11 is 0. The maximum atomic E-state index is 11.0. The van der Waals surface area contributed by atoms with Gasteiger partial charge < -0.3 is 15.5 Å². The average Bonchev–Trinajstić information content (AvgIpc) is 2.46. The van der Waals surface area contributed by atoms with Gasteiger partial charge in [0.2, 0.25) is 11.9 Å². The van der Waals surface area contributed by atoms with Gasteiger partial charge in [0.05, 0.1) is 0 Å². The van der Waals surface area contributed by atoms with Crippen molar-refractivity contribution in [3.8, 4) is 0 Å². The van der Waals surface area contributed by atoms with Crippen LogP contribution in [-0.2, 0) is 11.3 Å². The highest BCUT2D eigenvalue weighted by molar-refractivity contribution is 5.73. The van der Waals surface area contributed by atoms with Crippen molar-refractivity contribution in [1.29, 1.82) is 0 Å². The van der Waals surface area contributed by atoms with Gasteiger partial charge in [0.25, 0.3) is 0 Å². The lowest BCUT2D eigenvalue weighted by atomic mass is 10.1. The molecule has 20 heavy (non-hydrogen) atoms. The summed E-state index contributed by atoms with van der Waals surface area (Å²) in [6.07, 6.45) is 5.65. The van der Waals surface area contributed by atoms with Gasteiger partial charge in [-0.25, -0.2) is 9.97 Å². The van der Waals surface area contributed by atoms with Gasteiger partial charge in [0.15, 0.2) is 0 Å². The van der Waals surface area contributed by atoms with Gasteiger partial charge >= 0.3 is 0 Å². The molecule has 0 radical (unpaired) electrons. The fourth-order valence-electron chi connectivity index (χ4n) is 2.38. The van der Waals surface area contributed by atoms with Crippen molar-refractivity contribution in [2.75, 3.05) is 24.5 Å². The van der Waals surface area contributed by atoms with Crippen LogP contribution in [-0.4, -0.2) is 41.6 Å². The zero-order valence-corrected chi connectivity index (χ0v) is 12.2. The molecular weight excluding hydrogens is 254 g/mol. The first-order chi connectivity index (χ1) is 9.69. The summed E-state index contributed by atoms with van der Waals surface area (Å²) in [7, 11) is 0. The Labute approximate surface area is 120 Å². The van der Waals surface area contributed by atoms with E-state index < -0.39 is 0 Å². The van der Waals surface area contributed by atoms with Crippen LogP contribution in [0.2, 0.25) is 0 Å². The van der Waals surface area contributed by atoms with Crippen LogP contribution in [0.4, 0.5) is 5.95 Å². The summed E-state index contributed by atoms with van der Waals surface area (Å²) in [6.45, 7) is 7.17. The maximum Gasteiger partial charge on any atom is 0.225 e. The molecule has 0 saturated carbocycles. The second kappa shape index (κ2) is 7.19. The molecule has 1 fully saturated rings. The molecule has 110 valence electrons. The molecule has 0 bridgehead atoms. The van der Waals surface area contributed by atoms with Crippen molar-refractivity contribution < 1.29 is 4.79 Å². The summed E-state index contributed by atoms with van der Waals surface area (Å²) in [5.41, 5.74) is 1.10. The van der Waals surface area contributed by atoms with Crippen molar-refractivity contribution in [3.05, 3.63) is 18.0 Å². The predicted octanol–water partition coefficient (Wildman–Crippen LogP) is 0.691. The fourth-order valence-corrected chi connectivity index (χ4v) is 2.38. The van der Waals surface area contributed by atoms with Crippen molar-refractivity contribution >= 4 is 11.9 Å². The summed E-state index contributed by atoms with van der Waals surface area (Å²) in [5, 5.41) is 6.23. The van der Waals surface area contributed by atoms with E-state index in [1.165, 1.54) is 0 Å². The van der Waals surface area contributed by atoms with E-state index in [9.17, 15) is 4.79 Å². The first-order valence-electron chi connectivity index (χ1n) is 7.22. The van der Waals surface area contributed by atoms with E-state index in [4.69, 9.17) is 0 Å². The standard InChI is InChI=1S/C14H23N5O/c1-3-15-8-12-9-16-14(17-10-12)19-6-4-13(5-7-19)18-11(2)20/h9-10,13,15H,3-8H2,1-2H3,(H,18,20). The van der Waals surface area contributed by atoms with Crippen molar-refractivity contribution in [2.24, 2.45) is 0 Å². The number of carbonyl (C=O) groups excluding carboxylic acids is 1. The Kier molecular flexibility index (Phi) is 5.29. The molecule has 0 spiro atoms. The van der Waals surface area contributed by atoms with E-state index in [0.717, 1.165) is 50.5 Å². The number of carbonyl (C=O) groups is 1. The van der Waals surface area contributed by atoms with Gasteiger partial charge in [-0.3, -0.25) is 4.79 Å². The lowest BCUT2D eigenvalue weighted by molar-refractivity contribution is -0.119. The average molecular weight is 277 g/mol. The lowest BCUT2D eigenvalue weighted by Gasteiger charge is -2.32. The Hall–Kier alpha value is -1.69. The van der Waals surface area contributed by atoms with Crippen LogP contribution in [0, 0.1) is 0 Å². The van der Waals surface area contributed by atoms with Gasteiger partial charge in [-0.1, -0.05) is 6.92 Å². The largest absolute Gasteiger partial charge is 0.353 e. The maximum absolute atomic E-state index is 11.0. The van der Waals surface area contributed by atoms with E-state index in [-0.39, 0.29) is 11.9 Å². The Morgan fingerprint density at radius 3 is 2.55 bits per heavy atom. The highest BCUT2D eigenvalue weighted by atomic mass is 16.1. The lowest BCUT2D eigenvalue weighted by Crippen LogP contribution is -2.44. The Balaban J connectivity index is 1.85. The molecule has 0 atom stereocenters. The second-order valence-corrected chi connectivity index (χ2v) is 5.13. The molecule has 6 heteroatoms. The van der Waals surface area contributed by atoms with Gasteiger partial charge in [-0.05, 0) is 19.4 Å². The molecule has 0 unspecified atom stereocenters. The van der Waals surface area contributed by atoms with E-state index in [2.05, 4.69) is 32.4 Å². The first-order valence-corrected chi connectivity index (χ1v) is 7.22. The summed E-state index contributed by atoms with van der Waals surface area (Å²) in [5.74, 6) is 0.832. The molecular formula is C14H23N5O. The third-order valence-corrected chi connectivity index (χ3v) is 3.46. The molecule has 6 nitrogen and oxygen atoms in total. The van der Waals surface area contributed by atoms with E-state index in [1.54, 1.807) is 6.92 Å². The number of amides is 1. The minimum absolute atomic E-state index is 0.0486. The minimum atomic E-state index is 0.0486. The van der Waals surface area contributed by atoms with E-state index >= 15 is 0 Å². The van der Waals surface area contributed by atoms with Gasteiger partial charge in [-0.2, -0.15) is 0 Å². The van der Waals surface area contributed by atoms with Crippen LogP contribution in [0.3, 0.4) is 0 Å². The molecule has 1 aromatic rings. The van der Waals surface area contributed by atoms with Gasteiger partial charge in [0.1, 0.15) is 0 Å². The molecule has 2 rings (SSSR count). The topological polar surface area (TPSA) is 70.2 Å². The van der Waals surface area contributed by atoms with Crippen LogP contribution in [0.25, 0.3) is 0 Å². The van der Waals surface area contributed by atoms with Crippen molar-refractivity contribution in [2.45, 2.75) is 39.3 Å². The molecule has 0 aliphatic carbocycles. The molecule has 2 heterocycles. The van der Waals surface area contributed by atoms with Gasteiger partial charge in [0, 0.05) is 50.6 Å². The SMILES string of the molecule is CCNCc1cnc(N2CCC(NC(C)=O)CC2)nc1. The molecule has 1 saturated heterocycles. The van der Waals surface area contributed by atoms with Crippen LogP contribution >= 0.6 is 0 Å². The quantitative estimate of drug-likeness (QED) is 0.829. The molecule has 0 aromatic carbocycles. The highest BCUT2D eigenvalue weighted by Gasteiger charge is 2.21. The number of aromatic nitrogens is 2. The van der Waals surface area contributed by atoms with Crippen LogP contribution in [0.1, 0.15) is 32.3 Å². The zero-order valence-electron chi connectivity index (χ0n) is 12.2. The number of hydrogen-bond donors (Lipinski definition) is 2. The van der Waals surface area contributed by atoms with Crippen LogP contribution in [0.15, 0.2) is 12.4 Å². The van der Waals surface area contributed by atoms with Crippen LogP contribution in [0.5, 0.6) is 0 Å². The molecule has 2 N–H and O–H groups in total. The Morgan fingerprint density at radius 2 is 2.00 bits per heavy atom. The number of anilines is 1. The number of rotatable bonds is 5. The minimum Gasteiger partial charge on any atom is -0.353 e. The van der Waals surface area contributed by atoms with Gasteiger partial charge in [-0.15, -0.1) is 0 Å². The number of hydrogen-bond acceptors (Lipinski definition) is 5. The predicted molar refractivity (Wildman–Crippen MR) is 78.5 cm³/mol. The van der Waals surface area contributed by atoms with Crippen LogP contribution < -0.4 is 15.5 Å². The second-order valence-electron chi connectivity index (χ2n) is 5.13. The third kappa shape index (κ3) is 4.16. The highest BCUT2D eigenvalue weighted by Crippen LogP contribution is 2.15. The number of nitrogens with zero attached hydrogens (tertiary/aromatic N) is 3. The Morgan fingerprint density at radius 1 is 1.35 bits per heavy atom. The smallest absolute Gasteiger partial charge is 0.225 e.